The van der Waals surface area contributed by atoms with Gasteiger partial charge in [0.25, 0.3) is 0 Å². The Bertz CT molecular complexity index is 1080. The van der Waals surface area contributed by atoms with E-state index in [-0.39, 0.29) is 18.6 Å². The van der Waals surface area contributed by atoms with Crippen LogP contribution in [0.25, 0.3) is 0 Å². The maximum absolute atomic E-state index is 13.3. The maximum atomic E-state index is 13.3. The van der Waals surface area contributed by atoms with E-state index in [9.17, 15) is 9.00 Å². The summed E-state index contributed by atoms with van der Waals surface area (Å²) < 4.78 is 24.4. The molecule has 0 radical (unpaired) electrons. The molecule has 1 saturated heterocycles. The monoisotopic (exact) mass is 461 g/mol. The first-order chi connectivity index (χ1) is 16.1. The molecular weight excluding hydrogens is 434 g/mol. The lowest BCUT2D eigenvalue weighted by molar-refractivity contribution is -0.131. The molecule has 170 valence electrons. The number of amides is 1. The number of carbonyl (C=O) groups excluding carboxylic acids is 1. The van der Waals surface area contributed by atoms with Gasteiger partial charge in [-0.2, -0.15) is 0 Å². The Hall–Kier alpha value is -3.22. The van der Waals surface area contributed by atoms with Crippen LogP contribution in [-0.2, 0) is 20.3 Å². The zero-order valence-electron chi connectivity index (χ0n) is 18.6. The number of benzene rings is 3. The molecule has 6 heteroatoms. The number of carbonyl (C=O) groups is 1. The summed E-state index contributed by atoms with van der Waals surface area (Å²) in [5, 5.41) is -0.767. The second-order valence-corrected chi connectivity index (χ2v) is 9.46. The topological polar surface area (TPSA) is 55.8 Å². The number of ether oxygens (including phenoxy) is 2. The fourth-order valence-corrected chi connectivity index (χ4v) is 5.29. The lowest BCUT2D eigenvalue weighted by Gasteiger charge is -2.33. The molecule has 4 rings (SSSR count). The smallest absolute Gasteiger partial charge is 0.243 e. The van der Waals surface area contributed by atoms with Crippen LogP contribution in [0.2, 0.25) is 0 Å². The van der Waals surface area contributed by atoms with Gasteiger partial charge >= 0.3 is 0 Å². The minimum Gasteiger partial charge on any atom is -0.497 e. The van der Waals surface area contributed by atoms with Crippen LogP contribution in [-0.4, -0.2) is 41.8 Å². The van der Waals surface area contributed by atoms with E-state index in [0.717, 1.165) is 11.1 Å². The van der Waals surface area contributed by atoms with Crippen LogP contribution >= 0.6 is 0 Å². The van der Waals surface area contributed by atoms with Crippen LogP contribution in [0.5, 0.6) is 5.75 Å². The molecule has 2 unspecified atom stereocenters. The van der Waals surface area contributed by atoms with E-state index in [4.69, 9.17) is 9.47 Å². The summed E-state index contributed by atoms with van der Waals surface area (Å²) in [6, 6.07) is 27.2. The predicted molar refractivity (Wildman–Crippen MR) is 130 cm³/mol. The molecule has 1 aliphatic rings. The zero-order chi connectivity index (χ0) is 23.2. The van der Waals surface area contributed by atoms with Crippen LogP contribution in [0.4, 0.5) is 0 Å². The molecule has 1 amide bonds. The molecule has 0 spiro atoms. The fourth-order valence-electron chi connectivity index (χ4n) is 3.93. The van der Waals surface area contributed by atoms with E-state index in [2.05, 4.69) is 6.58 Å². The molecule has 1 heterocycles. The van der Waals surface area contributed by atoms with Crippen LogP contribution in [0, 0.1) is 0 Å². The minimum atomic E-state index is -1.47. The molecule has 0 aromatic heterocycles. The summed E-state index contributed by atoms with van der Waals surface area (Å²) in [6.07, 6.45) is -0.234. The largest absolute Gasteiger partial charge is 0.497 e. The molecule has 0 N–H and O–H groups in total. The van der Waals surface area contributed by atoms with E-state index in [0.29, 0.717) is 29.4 Å². The summed E-state index contributed by atoms with van der Waals surface area (Å²) in [5.41, 5.74) is 2.79. The fraction of sp³-hybridized carbons (Fsp3) is 0.222. The molecular formula is C27H27NO4S. The Kier molecular flexibility index (Phi) is 7.37. The quantitative estimate of drug-likeness (QED) is 0.490. The third kappa shape index (κ3) is 5.24. The third-order valence-corrected chi connectivity index (χ3v) is 7.27. The number of hydrogen-bond donors (Lipinski definition) is 0. The van der Waals surface area contributed by atoms with Gasteiger partial charge in [0, 0.05) is 11.4 Å². The molecule has 0 saturated carbocycles. The van der Waals surface area contributed by atoms with Gasteiger partial charge in [-0.15, -0.1) is 0 Å². The van der Waals surface area contributed by atoms with Gasteiger partial charge in [-0.25, -0.2) is 0 Å². The van der Waals surface area contributed by atoms with Crippen molar-refractivity contribution in [2.75, 3.05) is 26.8 Å². The molecule has 3 aromatic carbocycles. The minimum absolute atomic E-state index is 0.175. The average Bonchev–Trinajstić information content (AvgIpc) is 2.86. The number of nitrogens with zero attached hydrogens (tertiary/aromatic N) is 1. The lowest BCUT2D eigenvalue weighted by Crippen LogP contribution is -2.45. The molecule has 2 atom stereocenters. The predicted octanol–water partition coefficient (Wildman–Crippen LogP) is 4.65. The van der Waals surface area contributed by atoms with Crippen molar-refractivity contribution >= 4 is 16.7 Å². The molecule has 0 bridgehead atoms. The van der Waals surface area contributed by atoms with Crippen LogP contribution in [0.15, 0.2) is 96.4 Å². The Balaban J connectivity index is 1.48. The first-order valence-corrected chi connectivity index (χ1v) is 12.0. The van der Waals surface area contributed by atoms with Gasteiger partial charge in [-0.3, -0.25) is 9.00 Å². The summed E-state index contributed by atoms with van der Waals surface area (Å²) >= 11 is 0. The van der Waals surface area contributed by atoms with E-state index in [1.54, 1.807) is 36.3 Å². The number of rotatable bonds is 8. The van der Waals surface area contributed by atoms with Gasteiger partial charge in [0.15, 0.2) is 0 Å². The number of hydrogen-bond acceptors (Lipinski definition) is 4. The second kappa shape index (κ2) is 10.6. The molecule has 3 aromatic rings. The SMILES string of the molecule is C=C1CN(CCOC(c2ccccc2)c2ccccc2)C(=O)C(c2ccc(OC)cc2)S1=O. The summed E-state index contributed by atoms with van der Waals surface area (Å²) in [7, 11) is 0.110. The van der Waals surface area contributed by atoms with E-state index < -0.39 is 16.0 Å². The highest BCUT2D eigenvalue weighted by Crippen LogP contribution is 2.32. The Morgan fingerprint density at radius 3 is 2.09 bits per heavy atom. The first-order valence-electron chi connectivity index (χ1n) is 10.8. The third-order valence-electron chi connectivity index (χ3n) is 5.67. The van der Waals surface area contributed by atoms with Crippen molar-refractivity contribution in [3.63, 3.8) is 0 Å². The summed E-state index contributed by atoms with van der Waals surface area (Å²) in [6.45, 7) is 4.96. The van der Waals surface area contributed by atoms with Gasteiger partial charge in [-0.05, 0) is 28.8 Å². The Morgan fingerprint density at radius 2 is 1.55 bits per heavy atom. The van der Waals surface area contributed by atoms with Crippen molar-refractivity contribution in [3.05, 3.63) is 113 Å². The Labute approximate surface area is 197 Å². The molecule has 1 fully saturated rings. The molecule has 33 heavy (non-hydrogen) atoms. The van der Waals surface area contributed by atoms with Gasteiger partial charge in [0.1, 0.15) is 17.1 Å². The Morgan fingerprint density at radius 1 is 0.970 bits per heavy atom. The van der Waals surface area contributed by atoms with Gasteiger partial charge < -0.3 is 14.4 Å². The highest BCUT2D eigenvalue weighted by molar-refractivity contribution is 7.90. The van der Waals surface area contributed by atoms with Gasteiger partial charge in [-0.1, -0.05) is 79.4 Å². The highest BCUT2D eigenvalue weighted by atomic mass is 32.2. The highest BCUT2D eigenvalue weighted by Gasteiger charge is 2.37. The van der Waals surface area contributed by atoms with E-state index in [1.807, 2.05) is 60.7 Å². The van der Waals surface area contributed by atoms with Crippen LogP contribution < -0.4 is 4.74 Å². The standard InChI is InChI=1S/C27H27NO4S/c1-20-19-28(27(29)26(33(20)30)23-13-15-24(31-2)16-14-23)17-18-32-25(21-9-5-3-6-10-21)22-11-7-4-8-12-22/h3-16,25-26H,1,17-19H2,2H3. The van der Waals surface area contributed by atoms with Crippen molar-refractivity contribution in [3.8, 4) is 5.75 Å². The van der Waals surface area contributed by atoms with Gasteiger partial charge in [0.2, 0.25) is 5.91 Å². The van der Waals surface area contributed by atoms with Crippen molar-refractivity contribution in [1.82, 2.24) is 4.90 Å². The zero-order valence-corrected chi connectivity index (χ0v) is 19.4. The number of methoxy groups -OCH3 is 1. The molecule has 0 aliphatic carbocycles. The summed E-state index contributed by atoms with van der Waals surface area (Å²) in [4.78, 5) is 15.5. The van der Waals surface area contributed by atoms with E-state index >= 15 is 0 Å². The second-order valence-electron chi connectivity index (χ2n) is 7.82. The van der Waals surface area contributed by atoms with Crippen molar-refractivity contribution in [2.24, 2.45) is 0 Å². The average molecular weight is 462 g/mol. The summed E-state index contributed by atoms with van der Waals surface area (Å²) in [5.74, 6) is 0.509. The van der Waals surface area contributed by atoms with Crippen molar-refractivity contribution in [2.45, 2.75) is 11.4 Å². The van der Waals surface area contributed by atoms with Crippen LogP contribution in [0.3, 0.4) is 0 Å². The maximum Gasteiger partial charge on any atom is 0.243 e. The van der Waals surface area contributed by atoms with Crippen LogP contribution in [0.1, 0.15) is 28.0 Å². The molecule has 1 aliphatic heterocycles. The molecule has 5 nitrogen and oxygen atoms in total. The van der Waals surface area contributed by atoms with E-state index in [1.165, 1.54) is 0 Å². The first kappa shape index (κ1) is 23.0. The van der Waals surface area contributed by atoms with Crippen molar-refractivity contribution < 1.29 is 18.5 Å². The normalized spacial score (nSPS) is 18.5. The van der Waals surface area contributed by atoms with Crippen molar-refractivity contribution in [1.29, 1.82) is 0 Å². The van der Waals surface area contributed by atoms with Gasteiger partial charge in [0.05, 0.1) is 31.1 Å². The lowest BCUT2D eigenvalue weighted by atomic mass is 10.0.